The largest absolute Gasteiger partial charge is 0.379 e. The molecule has 0 aromatic rings. The molecule has 224 valence electrons. The minimum Gasteiger partial charge on any atom is -0.379 e. The van der Waals surface area contributed by atoms with Gasteiger partial charge in [-0.05, 0) is 65.0 Å². The number of likely N-dealkylation sites (N-methyl/N-ethyl adjacent to an activating group) is 1. The van der Waals surface area contributed by atoms with Crippen LogP contribution in [0, 0.1) is 11.8 Å². The number of carbonyl (C=O) groups excluding carboxylic acids is 3. The summed E-state index contributed by atoms with van der Waals surface area (Å²) in [7, 11) is 1.78. The van der Waals surface area contributed by atoms with Crippen molar-refractivity contribution < 1.29 is 19.1 Å². The molecule has 2 saturated heterocycles. The Morgan fingerprint density at radius 3 is 2.26 bits per heavy atom. The predicted octanol–water partition coefficient (Wildman–Crippen LogP) is 2.66. The lowest BCUT2D eigenvalue weighted by molar-refractivity contribution is -0.140. The predicted molar refractivity (Wildman–Crippen MR) is 156 cm³/mol. The Morgan fingerprint density at radius 1 is 1.00 bits per heavy atom. The highest BCUT2D eigenvalue weighted by atomic mass is 16.5. The number of nitrogens with one attached hydrogen (secondary N) is 2. The van der Waals surface area contributed by atoms with Crippen molar-refractivity contribution in [3.8, 4) is 0 Å². The Labute approximate surface area is 237 Å². The SMILES string of the molecule is CC(=C[C@H](C(C)C)N(C)C(=O)[C@@H](NC(=O)[C@H]1CCCCN1C(C)C)C(C)C)C(=O)NCCCN1CCOCC1. The summed E-state index contributed by atoms with van der Waals surface area (Å²) >= 11 is 0. The minimum atomic E-state index is -0.623. The van der Waals surface area contributed by atoms with Crippen LogP contribution in [0.25, 0.3) is 0 Å². The molecule has 9 nitrogen and oxygen atoms in total. The van der Waals surface area contributed by atoms with Gasteiger partial charge >= 0.3 is 0 Å². The van der Waals surface area contributed by atoms with Gasteiger partial charge in [-0.1, -0.05) is 40.2 Å². The zero-order valence-corrected chi connectivity index (χ0v) is 25.8. The monoisotopic (exact) mass is 549 g/mol. The number of piperidine rings is 1. The third-order valence-corrected chi connectivity index (χ3v) is 8.04. The van der Waals surface area contributed by atoms with Crippen LogP contribution in [0.2, 0.25) is 0 Å². The van der Waals surface area contributed by atoms with E-state index in [9.17, 15) is 14.4 Å². The number of likely N-dealkylation sites (tertiary alicyclic amines) is 1. The van der Waals surface area contributed by atoms with Crippen molar-refractivity contribution in [3.63, 3.8) is 0 Å². The van der Waals surface area contributed by atoms with Crippen LogP contribution in [0.1, 0.15) is 74.1 Å². The lowest BCUT2D eigenvalue weighted by atomic mass is 9.95. The summed E-state index contributed by atoms with van der Waals surface area (Å²) in [5.41, 5.74) is 0.597. The third kappa shape index (κ3) is 10.2. The molecule has 0 bridgehead atoms. The van der Waals surface area contributed by atoms with Crippen LogP contribution in [0.3, 0.4) is 0 Å². The molecule has 0 aromatic carbocycles. The van der Waals surface area contributed by atoms with E-state index in [1.165, 1.54) is 0 Å². The summed E-state index contributed by atoms with van der Waals surface area (Å²) in [4.78, 5) is 46.2. The van der Waals surface area contributed by atoms with Gasteiger partial charge in [0.15, 0.2) is 0 Å². The number of hydrogen-bond acceptors (Lipinski definition) is 6. The van der Waals surface area contributed by atoms with Crippen LogP contribution in [-0.4, -0.2) is 110 Å². The van der Waals surface area contributed by atoms with Gasteiger partial charge in [0.2, 0.25) is 17.7 Å². The molecule has 2 aliphatic heterocycles. The van der Waals surface area contributed by atoms with Gasteiger partial charge in [0.25, 0.3) is 0 Å². The standard InChI is InChI=1S/C30H55N5O4/c1-21(2)26(20-24(7)28(36)31-13-11-14-34-16-18-39-19-17-34)33(8)30(38)27(22(3)4)32-29(37)25-12-9-10-15-35(25)23(5)6/h20-23,25-27H,9-19H2,1-8H3,(H,31,36)(H,32,37)/t25-,26-,27+/m1/s1. The van der Waals surface area contributed by atoms with Crippen LogP contribution < -0.4 is 10.6 Å². The number of carbonyl (C=O) groups is 3. The van der Waals surface area contributed by atoms with Crippen molar-refractivity contribution in [2.45, 2.75) is 98.3 Å². The maximum atomic E-state index is 13.7. The van der Waals surface area contributed by atoms with Gasteiger partial charge in [-0.3, -0.25) is 24.2 Å². The maximum Gasteiger partial charge on any atom is 0.246 e. The van der Waals surface area contributed by atoms with E-state index in [1.54, 1.807) is 18.9 Å². The van der Waals surface area contributed by atoms with Gasteiger partial charge in [-0.2, -0.15) is 0 Å². The van der Waals surface area contributed by atoms with Crippen molar-refractivity contribution in [1.29, 1.82) is 0 Å². The summed E-state index contributed by atoms with van der Waals surface area (Å²) in [5, 5.41) is 6.12. The molecule has 3 atom stereocenters. The fraction of sp³-hybridized carbons (Fsp3) is 0.833. The van der Waals surface area contributed by atoms with Crippen LogP contribution in [-0.2, 0) is 19.1 Å². The van der Waals surface area contributed by atoms with Crippen molar-refractivity contribution >= 4 is 17.7 Å². The first kappa shape index (κ1) is 33.2. The van der Waals surface area contributed by atoms with Gasteiger partial charge in [-0.25, -0.2) is 0 Å². The lowest BCUT2D eigenvalue weighted by Crippen LogP contribution is -2.58. The summed E-state index contributed by atoms with van der Waals surface area (Å²) in [6.45, 7) is 19.9. The molecule has 0 saturated carbocycles. The zero-order chi connectivity index (χ0) is 29.1. The summed E-state index contributed by atoms with van der Waals surface area (Å²) < 4.78 is 5.39. The van der Waals surface area contributed by atoms with Crippen molar-refractivity contribution in [3.05, 3.63) is 11.6 Å². The highest BCUT2D eigenvalue weighted by molar-refractivity contribution is 5.93. The number of nitrogens with zero attached hydrogens (tertiary/aromatic N) is 3. The molecule has 2 fully saturated rings. The zero-order valence-electron chi connectivity index (χ0n) is 25.8. The van der Waals surface area contributed by atoms with E-state index in [2.05, 4.69) is 34.3 Å². The fourth-order valence-electron chi connectivity index (χ4n) is 5.53. The van der Waals surface area contributed by atoms with E-state index in [4.69, 9.17) is 4.74 Å². The van der Waals surface area contributed by atoms with Crippen molar-refractivity contribution in [2.24, 2.45) is 11.8 Å². The average Bonchev–Trinajstić information content (AvgIpc) is 2.91. The number of ether oxygens (including phenoxy) is 1. The quantitative estimate of drug-likeness (QED) is 0.271. The Balaban J connectivity index is 2.01. The second kappa shape index (κ2) is 16.3. The number of hydrogen-bond donors (Lipinski definition) is 2. The second-order valence-corrected chi connectivity index (χ2v) is 12.2. The van der Waals surface area contributed by atoms with Gasteiger partial charge in [-0.15, -0.1) is 0 Å². The van der Waals surface area contributed by atoms with Crippen LogP contribution >= 0.6 is 0 Å². The number of rotatable bonds is 13. The van der Waals surface area contributed by atoms with Crippen LogP contribution in [0.5, 0.6) is 0 Å². The lowest BCUT2D eigenvalue weighted by Gasteiger charge is -2.39. The third-order valence-electron chi connectivity index (χ3n) is 8.04. The molecule has 2 heterocycles. The molecule has 0 aliphatic carbocycles. The van der Waals surface area contributed by atoms with Gasteiger partial charge in [0.05, 0.1) is 25.3 Å². The fourth-order valence-corrected chi connectivity index (χ4v) is 5.53. The second-order valence-electron chi connectivity index (χ2n) is 12.2. The number of amides is 3. The first-order valence-corrected chi connectivity index (χ1v) is 15.0. The molecule has 3 amide bonds. The van der Waals surface area contributed by atoms with Gasteiger partial charge in [0.1, 0.15) is 6.04 Å². The smallest absolute Gasteiger partial charge is 0.246 e. The summed E-state index contributed by atoms with van der Waals surface area (Å²) in [6.07, 6.45) is 5.71. The number of morpholine rings is 1. The first-order chi connectivity index (χ1) is 18.4. The molecular weight excluding hydrogens is 494 g/mol. The Morgan fingerprint density at radius 2 is 1.67 bits per heavy atom. The van der Waals surface area contributed by atoms with E-state index in [0.29, 0.717) is 12.1 Å². The Hall–Kier alpha value is -1.97. The van der Waals surface area contributed by atoms with Gasteiger partial charge in [0, 0.05) is 38.3 Å². The Kier molecular flexibility index (Phi) is 13.9. The molecule has 0 spiro atoms. The minimum absolute atomic E-state index is 0.0619. The topological polar surface area (TPSA) is 94.2 Å². The van der Waals surface area contributed by atoms with Crippen LogP contribution in [0.4, 0.5) is 0 Å². The molecule has 0 radical (unpaired) electrons. The van der Waals surface area contributed by atoms with Crippen molar-refractivity contribution in [2.75, 3.05) is 53.0 Å². The maximum absolute atomic E-state index is 13.7. The highest BCUT2D eigenvalue weighted by Crippen LogP contribution is 2.21. The molecule has 0 aromatic heterocycles. The van der Waals surface area contributed by atoms with E-state index in [-0.39, 0.29) is 47.7 Å². The average molecular weight is 550 g/mol. The van der Waals surface area contributed by atoms with E-state index >= 15 is 0 Å². The molecule has 2 rings (SSSR count). The van der Waals surface area contributed by atoms with Crippen LogP contribution in [0.15, 0.2) is 11.6 Å². The van der Waals surface area contributed by atoms with Gasteiger partial charge < -0.3 is 20.3 Å². The summed E-state index contributed by atoms with van der Waals surface area (Å²) in [6, 6.07) is -0.812. The molecule has 9 heteroatoms. The Bertz CT molecular complexity index is 822. The molecule has 2 N–H and O–H groups in total. The normalized spacial score (nSPS) is 21.2. The molecular formula is C30H55N5O4. The van der Waals surface area contributed by atoms with Crippen molar-refractivity contribution in [1.82, 2.24) is 25.3 Å². The van der Waals surface area contributed by atoms with E-state index in [1.807, 2.05) is 33.8 Å². The molecule has 39 heavy (non-hydrogen) atoms. The van der Waals surface area contributed by atoms with E-state index in [0.717, 1.165) is 65.1 Å². The molecule has 0 unspecified atom stereocenters. The van der Waals surface area contributed by atoms with E-state index < -0.39 is 6.04 Å². The summed E-state index contributed by atoms with van der Waals surface area (Å²) in [5.74, 6) is -0.260. The first-order valence-electron chi connectivity index (χ1n) is 15.0. The highest BCUT2D eigenvalue weighted by Gasteiger charge is 2.36. The molecule has 2 aliphatic rings.